The second kappa shape index (κ2) is 12.7. The van der Waals surface area contributed by atoms with Gasteiger partial charge in [-0.1, -0.05) is 94.6 Å². The molecule has 4 nitrogen and oxygen atoms in total. The Morgan fingerprint density at radius 2 is 1.54 bits per heavy atom. The van der Waals surface area contributed by atoms with Gasteiger partial charge >= 0.3 is 0 Å². The smallest absolute Gasteiger partial charge is 0.243 e. The quantitative estimate of drug-likeness (QED) is 0.338. The maximum atomic E-state index is 13.9. The zero-order chi connectivity index (χ0) is 25.4. The number of aryl methyl sites for hydroxylation is 2. The Kier molecular flexibility index (Phi) is 9.67. The van der Waals surface area contributed by atoms with Crippen LogP contribution in [-0.2, 0) is 29.0 Å². The second-order valence-corrected chi connectivity index (χ2v) is 10.3. The summed E-state index contributed by atoms with van der Waals surface area (Å²) in [7, 11) is 0. The minimum Gasteiger partial charge on any atom is -0.352 e. The molecule has 2 unspecified atom stereocenters. The SMILES string of the molecule is CCC(C)NC(=O)C(Cc1ccccc1)N(Cc1cccc(Br)c1)C(=O)Cc1cc(C)cc(C)c1. The number of carbonyl (C=O) groups excluding carboxylic acids is 2. The lowest BCUT2D eigenvalue weighted by atomic mass is 10.00. The number of rotatable bonds is 10. The summed E-state index contributed by atoms with van der Waals surface area (Å²) in [6.45, 7) is 8.47. The fraction of sp³-hybridized carbons (Fsp3) is 0.333. The Hall–Kier alpha value is -2.92. The molecule has 0 fully saturated rings. The maximum absolute atomic E-state index is 13.9. The molecule has 2 atom stereocenters. The second-order valence-electron chi connectivity index (χ2n) is 9.35. The lowest BCUT2D eigenvalue weighted by Crippen LogP contribution is -2.52. The van der Waals surface area contributed by atoms with Crippen LogP contribution in [0.1, 0.15) is 48.1 Å². The standard InChI is InChI=1S/C30H35BrN2O2/c1-5-23(4)32-30(35)28(18-24-10-7-6-8-11-24)33(20-25-12-9-13-27(31)17-25)29(34)19-26-15-21(2)14-22(3)16-26/h6-17,23,28H,5,18-20H2,1-4H3,(H,32,35). The number of nitrogens with one attached hydrogen (secondary N) is 1. The third-order valence-corrected chi connectivity index (χ3v) is 6.64. The van der Waals surface area contributed by atoms with Crippen LogP contribution < -0.4 is 5.32 Å². The van der Waals surface area contributed by atoms with Crippen molar-refractivity contribution in [2.45, 2.75) is 65.6 Å². The highest BCUT2D eigenvalue weighted by molar-refractivity contribution is 9.10. The molecule has 0 radical (unpaired) electrons. The first-order valence-corrected chi connectivity index (χ1v) is 13.0. The van der Waals surface area contributed by atoms with E-state index in [1.54, 1.807) is 4.90 Å². The predicted molar refractivity (Wildman–Crippen MR) is 146 cm³/mol. The van der Waals surface area contributed by atoms with Gasteiger partial charge in [-0.05, 0) is 56.0 Å². The number of amides is 2. The van der Waals surface area contributed by atoms with Crippen molar-refractivity contribution < 1.29 is 9.59 Å². The van der Waals surface area contributed by atoms with E-state index in [9.17, 15) is 9.59 Å². The summed E-state index contributed by atoms with van der Waals surface area (Å²) >= 11 is 3.54. The van der Waals surface area contributed by atoms with Crippen molar-refractivity contribution >= 4 is 27.7 Å². The van der Waals surface area contributed by atoms with E-state index in [0.717, 1.165) is 38.7 Å². The third-order valence-electron chi connectivity index (χ3n) is 6.15. The number of hydrogen-bond acceptors (Lipinski definition) is 2. The van der Waals surface area contributed by atoms with Gasteiger partial charge in [-0.25, -0.2) is 0 Å². The van der Waals surface area contributed by atoms with Gasteiger partial charge in [0.05, 0.1) is 6.42 Å². The van der Waals surface area contributed by atoms with Crippen molar-refractivity contribution in [2.24, 2.45) is 0 Å². The van der Waals surface area contributed by atoms with Gasteiger partial charge in [-0.15, -0.1) is 0 Å². The van der Waals surface area contributed by atoms with Crippen molar-refractivity contribution in [1.82, 2.24) is 10.2 Å². The molecule has 2 amide bonds. The average molecular weight is 536 g/mol. The van der Waals surface area contributed by atoms with Gasteiger partial charge in [0.1, 0.15) is 6.04 Å². The lowest BCUT2D eigenvalue weighted by molar-refractivity contribution is -0.141. The van der Waals surface area contributed by atoms with Crippen molar-refractivity contribution in [3.05, 3.63) is 105 Å². The fourth-order valence-corrected chi connectivity index (χ4v) is 4.72. The molecule has 5 heteroatoms. The Bertz CT molecular complexity index is 1130. The van der Waals surface area contributed by atoms with Crippen LogP contribution in [0, 0.1) is 13.8 Å². The third kappa shape index (κ3) is 8.07. The number of hydrogen-bond donors (Lipinski definition) is 1. The summed E-state index contributed by atoms with van der Waals surface area (Å²) in [5.41, 5.74) is 5.22. The van der Waals surface area contributed by atoms with Crippen molar-refractivity contribution in [3.63, 3.8) is 0 Å². The normalized spacial score (nSPS) is 12.6. The summed E-state index contributed by atoms with van der Waals surface area (Å²) in [5.74, 6) is -0.179. The molecular weight excluding hydrogens is 500 g/mol. The van der Waals surface area contributed by atoms with Crippen LogP contribution in [0.25, 0.3) is 0 Å². The molecule has 0 aliphatic rings. The molecule has 0 saturated heterocycles. The minimum atomic E-state index is -0.621. The monoisotopic (exact) mass is 534 g/mol. The lowest BCUT2D eigenvalue weighted by Gasteiger charge is -2.32. The molecule has 0 aliphatic heterocycles. The van der Waals surface area contributed by atoms with Gasteiger partial charge in [-0.3, -0.25) is 9.59 Å². The Morgan fingerprint density at radius 1 is 0.886 bits per heavy atom. The molecule has 35 heavy (non-hydrogen) atoms. The van der Waals surface area contributed by atoms with E-state index < -0.39 is 6.04 Å². The Balaban J connectivity index is 1.99. The number of nitrogens with zero attached hydrogens (tertiary/aromatic N) is 1. The summed E-state index contributed by atoms with van der Waals surface area (Å²) < 4.78 is 0.945. The zero-order valence-electron chi connectivity index (χ0n) is 21.1. The van der Waals surface area contributed by atoms with Crippen LogP contribution in [-0.4, -0.2) is 28.8 Å². The average Bonchev–Trinajstić information content (AvgIpc) is 2.81. The highest BCUT2D eigenvalue weighted by Gasteiger charge is 2.31. The zero-order valence-corrected chi connectivity index (χ0v) is 22.6. The van der Waals surface area contributed by atoms with E-state index in [1.807, 2.05) is 94.4 Å². The molecule has 0 aliphatic carbocycles. The van der Waals surface area contributed by atoms with E-state index in [1.165, 1.54) is 0 Å². The Morgan fingerprint density at radius 3 is 2.17 bits per heavy atom. The molecule has 3 aromatic carbocycles. The number of halogens is 1. The van der Waals surface area contributed by atoms with E-state index in [4.69, 9.17) is 0 Å². The first-order valence-electron chi connectivity index (χ1n) is 12.2. The molecule has 3 rings (SSSR count). The van der Waals surface area contributed by atoms with E-state index in [2.05, 4.69) is 27.3 Å². The molecule has 0 bridgehead atoms. The summed E-state index contributed by atoms with van der Waals surface area (Å²) in [4.78, 5) is 29.2. The minimum absolute atomic E-state index is 0.0306. The molecule has 3 aromatic rings. The molecule has 0 heterocycles. The van der Waals surface area contributed by atoms with Crippen molar-refractivity contribution in [1.29, 1.82) is 0 Å². The molecule has 1 N–H and O–H groups in total. The molecule has 0 saturated carbocycles. The van der Waals surface area contributed by atoms with Gasteiger partial charge < -0.3 is 10.2 Å². The first kappa shape index (κ1) is 26.7. The van der Waals surface area contributed by atoms with Crippen LogP contribution in [0.4, 0.5) is 0 Å². The van der Waals surface area contributed by atoms with Gasteiger partial charge in [-0.2, -0.15) is 0 Å². The molecular formula is C30H35BrN2O2. The topological polar surface area (TPSA) is 49.4 Å². The predicted octanol–water partition coefficient (Wildman–Crippen LogP) is 6.16. The van der Waals surface area contributed by atoms with Crippen molar-refractivity contribution in [3.8, 4) is 0 Å². The number of carbonyl (C=O) groups is 2. The van der Waals surface area contributed by atoms with Crippen molar-refractivity contribution in [2.75, 3.05) is 0 Å². The molecule has 0 aromatic heterocycles. The fourth-order valence-electron chi connectivity index (χ4n) is 4.27. The van der Waals surface area contributed by atoms with Crippen LogP contribution in [0.5, 0.6) is 0 Å². The van der Waals surface area contributed by atoms with E-state index in [-0.39, 0.29) is 24.3 Å². The van der Waals surface area contributed by atoms with Crippen LogP contribution in [0.2, 0.25) is 0 Å². The van der Waals surface area contributed by atoms with Gasteiger partial charge in [0.15, 0.2) is 0 Å². The van der Waals surface area contributed by atoms with Crippen LogP contribution in [0.3, 0.4) is 0 Å². The van der Waals surface area contributed by atoms with Crippen LogP contribution in [0.15, 0.2) is 77.3 Å². The molecule has 184 valence electrons. The highest BCUT2D eigenvalue weighted by atomic mass is 79.9. The first-order chi connectivity index (χ1) is 16.7. The van der Waals surface area contributed by atoms with Gasteiger partial charge in [0, 0.05) is 23.5 Å². The number of benzene rings is 3. The summed E-state index contributed by atoms with van der Waals surface area (Å²) in [5, 5.41) is 3.12. The van der Waals surface area contributed by atoms with E-state index >= 15 is 0 Å². The Labute approximate surface area is 217 Å². The van der Waals surface area contributed by atoms with Gasteiger partial charge in [0.2, 0.25) is 11.8 Å². The van der Waals surface area contributed by atoms with E-state index in [0.29, 0.717) is 13.0 Å². The molecule has 0 spiro atoms. The highest BCUT2D eigenvalue weighted by Crippen LogP contribution is 2.20. The summed E-state index contributed by atoms with van der Waals surface area (Å²) in [6, 6.07) is 23.4. The summed E-state index contributed by atoms with van der Waals surface area (Å²) in [6.07, 6.45) is 1.53. The van der Waals surface area contributed by atoms with Gasteiger partial charge in [0.25, 0.3) is 0 Å². The van der Waals surface area contributed by atoms with Crippen LogP contribution >= 0.6 is 15.9 Å². The maximum Gasteiger partial charge on any atom is 0.243 e. The largest absolute Gasteiger partial charge is 0.352 e.